The van der Waals surface area contributed by atoms with Crippen LogP contribution in [-0.2, 0) is 0 Å². The van der Waals surface area contributed by atoms with Crippen molar-refractivity contribution in [1.82, 2.24) is 13.7 Å². The molecule has 0 aromatic carbocycles. The van der Waals surface area contributed by atoms with Crippen LogP contribution >= 0.6 is 0 Å². The molecule has 0 aliphatic heterocycles. The van der Waals surface area contributed by atoms with Crippen LogP contribution in [0.25, 0.3) is 0 Å². The molecule has 21 heavy (non-hydrogen) atoms. The molecule has 1 atom stereocenters. The zero-order chi connectivity index (χ0) is 16.7. The molecular weight excluding hydrogens is 290 g/mol. The van der Waals surface area contributed by atoms with Gasteiger partial charge in [-0.2, -0.15) is 0 Å². The number of hydrogen-bond donors (Lipinski definition) is 0. The summed E-state index contributed by atoms with van der Waals surface area (Å²) in [5.41, 5.74) is 3.36. The van der Waals surface area contributed by atoms with Gasteiger partial charge >= 0.3 is 0 Å². The molecule has 1 unspecified atom stereocenters. The minimum Gasteiger partial charge on any atom is -0.315 e. The van der Waals surface area contributed by atoms with Crippen LogP contribution in [0.5, 0.6) is 0 Å². The highest BCUT2D eigenvalue weighted by Gasteiger charge is 2.58. The average molecular weight is 328 g/mol. The third-order valence-corrected chi connectivity index (χ3v) is 22.2. The van der Waals surface area contributed by atoms with Gasteiger partial charge in [0.15, 0.2) is 0 Å². The predicted molar refractivity (Wildman–Crippen MR) is 101 cm³/mol. The summed E-state index contributed by atoms with van der Waals surface area (Å²) < 4.78 is 8.05. The maximum absolute atomic E-state index is 6.19. The minimum atomic E-state index is -1.96. The third-order valence-electron chi connectivity index (χ3n) is 5.36. The van der Waals surface area contributed by atoms with Gasteiger partial charge in [-0.05, 0) is 52.4 Å². The normalized spacial score (nSPS) is 15.5. The van der Waals surface area contributed by atoms with Crippen LogP contribution in [0.15, 0.2) is 0 Å². The standard InChI is InChI=1S/C16H37N3Si2/c1-10-17(11-2)20(8,16-7)21(9,18(12-3)13-4)19(14-5)15-6/h7H,10-15H2,1-6,8-9H3. The second kappa shape index (κ2) is 9.11. The van der Waals surface area contributed by atoms with Gasteiger partial charge in [0, 0.05) is 0 Å². The molecule has 0 saturated carbocycles. The van der Waals surface area contributed by atoms with Crippen molar-refractivity contribution in [2.75, 3.05) is 39.3 Å². The van der Waals surface area contributed by atoms with Gasteiger partial charge in [-0.15, -0.1) is 12.0 Å². The molecule has 5 heteroatoms. The predicted octanol–water partition coefficient (Wildman–Crippen LogP) is 2.91. The molecular formula is C16H37N3Si2. The van der Waals surface area contributed by atoms with Gasteiger partial charge in [0.2, 0.25) is 15.7 Å². The summed E-state index contributed by atoms with van der Waals surface area (Å²) in [5, 5.41) is 0. The summed E-state index contributed by atoms with van der Waals surface area (Å²) >= 11 is 0. The lowest BCUT2D eigenvalue weighted by molar-refractivity contribution is 0.362. The van der Waals surface area contributed by atoms with Crippen LogP contribution in [-0.4, -0.2) is 68.6 Å². The Kier molecular flexibility index (Phi) is 9.06. The Morgan fingerprint density at radius 2 is 0.952 bits per heavy atom. The van der Waals surface area contributed by atoms with Crippen LogP contribution in [0.3, 0.4) is 0 Å². The first kappa shape index (κ1) is 20.9. The second-order valence-electron chi connectivity index (χ2n) is 5.75. The fraction of sp³-hybridized carbons (Fsp3) is 0.875. The third kappa shape index (κ3) is 3.62. The fourth-order valence-corrected chi connectivity index (χ4v) is 19.5. The van der Waals surface area contributed by atoms with E-state index in [0.717, 1.165) is 39.3 Å². The van der Waals surface area contributed by atoms with E-state index in [1.165, 1.54) is 0 Å². The van der Waals surface area contributed by atoms with Crippen molar-refractivity contribution in [2.45, 2.75) is 54.6 Å². The summed E-state index contributed by atoms with van der Waals surface area (Å²) in [5.74, 6) is 0. The molecule has 0 radical (unpaired) electrons. The first-order valence-electron chi connectivity index (χ1n) is 8.60. The van der Waals surface area contributed by atoms with Crippen molar-refractivity contribution in [3.63, 3.8) is 0 Å². The Morgan fingerprint density at radius 3 is 1.14 bits per heavy atom. The molecule has 0 fully saturated rings. The molecule has 0 amide bonds. The summed E-state index contributed by atoms with van der Waals surface area (Å²) in [7, 11) is -3.84. The molecule has 0 N–H and O–H groups in total. The van der Waals surface area contributed by atoms with Crippen LogP contribution in [0, 0.1) is 12.0 Å². The first-order chi connectivity index (χ1) is 9.87. The van der Waals surface area contributed by atoms with Crippen molar-refractivity contribution in [1.29, 1.82) is 0 Å². The minimum absolute atomic E-state index is 1.06. The van der Waals surface area contributed by atoms with E-state index in [1.807, 2.05) is 0 Å². The van der Waals surface area contributed by atoms with E-state index in [0.29, 0.717) is 0 Å². The smallest absolute Gasteiger partial charge is 0.230 e. The highest BCUT2D eigenvalue weighted by molar-refractivity contribution is 7.41. The van der Waals surface area contributed by atoms with E-state index >= 15 is 0 Å². The maximum Gasteiger partial charge on any atom is 0.230 e. The zero-order valence-corrected chi connectivity index (χ0v) is 17.7. The fourth-order valence-electron chi connectivity index (χ4n) is 3.88. The molecule has 0 spiro atoms. The monoisotopic (exact) mass is 327 g/mol. The Balaban J connectivity index is 6.14. The summed E-state index contributed by atoms with van der Waals surface area (Å²) in [6, 6.07) is 0. The molecule has 124 valence electrons. The molecule has 0 bridgehead atoms. The Labute approximate surface area is 135 Å². The van der Waals surface area contributed by atoms with Crippen LogP contribution in [0.4, 0.5) is 0 Å². The van der Waals surface area contributed by atoms with E-state index in [1.54, 1.807) is 0 Å². The number of rotatable bonds is 10. The lowest BCUT2D eigenvalue weighted by Crippen LogP contribution is -2.82. The van der Waals surface area contributed by atoms with Gasteiger partial charge in [0.25, 0.3) is 0 Å². The quantitative estimate of drug-likeness (QED) is 0.451. The number of terminal acetylenes is 1. The van der Waals surface area contributed by atoms with E-state index in [2.05, 4.69) is 73.9 Å². The lowest BCUT2D eigenvalue weighted by Gasteiger charge is -2.55. The van der Waals surface area contributed by atoms with Gasteiger partial charge in [0.1, 0.15) is 0 Å². The van der Waals surface area contributed by atoms with Crippen molar-refractivity contribution >= 4 is 15.7 Å². The molecule has 0 aromatic rings. The zero-order valence-electron chi connectivity index (χ0n) is 15.7. The van der Waals surface area contributed by atoms with Crippen LogP contribution in [0.2, 0.25) is 13.1 Å². The van der Waals surface area contributed by atoms with Crippen molar-refractivity contribution in [3.05, 3.63) is 0 Å². The van der Waals surface area contributed by atoms with Gasteiger partial charge in [-0.1, -0.05) is 41.5 Å². The van der Waals surface area contributed by atoms with E-state index in [9.17, 15) is 0 Å². The van der Waals surface area contributed by atoms with Crippen molar-refractivity contribution in [2.24, 2.45) is 0 Å². The van der Waals surface area contributed by atoms with Crippen molar-refractivity contribution < 1.29 is 0 Å². The van der Waals surface area contributed by atoms with Crippen LogP contribution in [0.1, 0.15) is 41.5 Å². The summed E-state index contributed by atoms with van der Waals surface area (Å²) in [6.45, 7) is 25.1. The van der Waals surface area contributed by atoms with Gasteiger partial charge in [-0.25, -0.2) is 0 Å². The Morgan fingerprint density at radius 1 is 0.667 bits per heavy atom. The first-order valence-corrected chi connectivity index (χ1v) is 14.4. The van der Waals surface area contributed by atoms with Gasteiger partial charge in [-0.3, -0.25) is 0 Å². The molecule has 0 aliphatic rings. The number of hydrogen-bond acceptors (Lipinski definition) is 3. The maximum atomic E-state index is 6.19. The largest absolute Gasteiger partial charge is 0.315 e. The van der Waals surface area contributed by atoms with E-state index in [-0.39, 0.29) is 0 Å². The Hall–Kier alpha value is -0.126. The van der Waals surface area contributed by atoms with Gasteiger partial charge in [0.05, 0.1) is 0 Å². The topological polar surface area (TPSA) is 9.72 Å². The SMILES string of the molecule is C#C[Si](C)(N(CC)CC)[Si](C)(N(CC)CC)N(CC)CC. The highest BCUT2D eigenvalue weighted by atomic mass is 29.3. The molecule has 0 heterocycles. The molecule has 0 rings (SSSR count). The second-order valence-corrected chi connectivity index (χ2v) is 17.9. The van der Waals surface area contributed by atoms with Crippen molar-refractivity contribution in [3.8, 4) is 12.0 Å². The van der Waals surface area contributed by atoms with Gasteiger partial charge < -0.3 is 13.7 Å². The lowest BCUT2D eigenvalue weighted by atomic mass is 10.7. The Bertz CT molecular complexity index is 319. The molecule has 0 aliphatic carbocycles. The molecule has 0 aromatic heterocycles. The van der Waals surface area contributed by atoms with Crippen LogP contribution < -0.4 is 0 Å². The number of nitrogens with zero attached hydrogens (tertiary/aromatic N) is 3. The average Bonchev–Trinajstić information content (AvgIpc) is 2.50. The molecule has 0 saturated heterocycles. The summed E-state index contributed by atoms with van der Waals surface area (Å²) in [6.07, 6.45) is 6.19. The van der Waals surface area contributed by atoms with E-state index < -0.39 is 15.7 Å². The molecule has 3 nitrogen and oxygen atoms in total. The van der Waals surface area contributed by atoms with E-state index in [4.69, 9.17) is 6.42 Å². The summed E-state index contributed by atoms with van der Waals surface area (Å²) in [4.78, 5) is 0. The highest BCUT2D eigenvalue weighted by Crippen LogP contribution is 2.29.